The number of hydrogen-bond donors (Lipinski definition) is 0. The minimum Gasteiger partial charge on any atom is -0.491 e. The van der Waals surface area contributed by atoms with Crippen LogP contribution in [0, 0.1) is 6.92 Å². The highest BCUT2D eigenvalue weighted by Crippen LogP contribution is 2.32. The Bertz CT molecular complexity index is 946. The second-order valence-electron chi connectivity index (χ2n) is 7.13. The lowest BCUT2D eigenvalue weighted by Gasteiger charge is -2.31. The summed E-state index contributed by atoms with van der Waals surface area (Å²) in [4.78, 5) is 0.240. The molecule has 0 aromatic heterocycles. The highest BCUT2D eigenvalue weighted by molar-refractivity contribution is 7.89. The molecular weight excluding hydrogens is 406 g/mol. The predicted molar refractivity (Wildman–Crippen MR) is 114 cm³/mol. The quantitative estimate of drug-likeness (QED) is 0.534. The fraction of sp³-hybridized carbons (Fsp3) is 0.455. The summed E-state index contributed by atoms with van der Waals surface area (Å²) in [5, 5.41) is 0. The van der Waals surface area contributed by atoms with Crippen molar-refractivity contribution < 1.29 is 27.4 Å². The van der Waals surface area contributed by atoms with Gasteiger partial charge in [0.15, 0.2) is 11.5 Å². The van der Waals surface area contributed by atoms with Crippen LogP contribution in [0.5, 0.6) is 17.2 Å². The summed E-state index contributed by atoms with van der Waals surface area (Å²) >= 11 is 0. The molecule has 0 aliphatic carbocycles. The second kappa shape index (κ2) is 10.1. The number of aryl methyl sites for hydroxylation is 1. The Labute approximate surface area is 178 Å². The Morgan fingerprint density at radius 1 is 1.13 bits per heavy atom. The van der Waals surface area contributed by atoms with Crippen molar-refractivity contribution >= 4 is 10.0 Å². The Hall–Kier alpha value is -2.29. The van der Waals surface area contributed by atoms with Gasteiger partial charge in [-0.15, -0.1) is 0 Å². The number of ether oxygens (including phenoxy) is 4. The summed E-state index contributed by atoms with van der Waals surface area (Å²) in [7, 11) is -2.08. The maximum atomic E-state index is 13.3. The molecule has 1 heterocycles. The summed E-state index contributed by atoms with van der Waals surface area (Å²) in [6, 6.07) is 12.3. The molecule has 0 N–H and O–H groups in total. The average Bonchev–Trinajstić information content (AvgIpc) is 2.74. The van der Waals surface area contributed by atoms with Gasteiger partial charge in [0.2, 0.25) is 10.0 Å². The molecule has 0 fully saturated rings. The van der Waals surface area contributed by atoms with E-state index >= 15 is 0 Å². The monoisotopic (exact) mass is 435 g/mol. The van der Waals surface area contributed by atoms with E-state index in [1.54, 1.807) is 25.3 Å². The number of fused-ring (bicyclic) bond motifs is 1. The topological polar surface area (TPSA) is 74.3 Å². The van der Waals surface area contributed by atoms with Crippen molar-refractivity contribution in [3.8, 4) is 17.2 Å². The summed E-state index contributed by atoms with van der Waals surface area (Å²) in [5.41, 5.74) is 0.759. The van der Waals surface area contributed by atoms with Crippen LogP contribution in [0.25, 0.3) is 0 Å². The molecule has 0 saturated heterocycles. The third-order valence-corrected chi connectivity index (χ3v) is 6.64. The molecule has 1 aliphatic heterocycles. The molecule has 30 heavy (non-hydrogen) atoms. The fourth-order valence-electron chi connectivity index (χ4n) is 3.27. The average molecular weight is 436 g/mol. The molecule has 7 nitrogen and oxygen atoms in total. The molecule has 1 unspecified atom stereocenters. The van der Waals surface area contributed by atoms with Crippen LogP contribution in [0.4, 0.5) is 0 Å². The third-order valence-electron chi connectivity index (χ3n) is 4.78. The van der Waals surface area contributed by atoms with Gasteiger partial charge in [0.25, 0.3) is 0 Å². The molecule has 0 amide bonds. The van der Waals surface area contributed by atoms with Crippen LogP contribution in [0.1, 0.15) is 18.9 Å². The van der Waals surface area contributed by atoms with E-state index < -0.39 is 10.0 Å². The largest absolute Gasteiger partial charge is 0.491 e. The van der Waals surface area contributed by atoms with Crippen molar-refractivity contribution in [2.45, 2.75) is 31.3 Å². The third kappa shape index (κ3) is 5.24. The molecule has 1 atom stereocenters. The van der Waals surface area contributed by atoms with Gasteiger partial charge in [0.05, 0.1) is 18.0 Å². The number of para-hydroxylation sites is 2. The van der Waals surface area contributed by atoms with E-state index in [-0.39, 0.29) is 17.5 Å². The van der Waals surface area contributed by atoms with Gasteiger partial charge in [0, 0.05) is 13.7 Å². The van der Waals surface area contributed by atoms with E-state index in [9.17, 15) is 8.42 Å². The zero-order valence-corrected chi connectivity index (χ0v) is 18.5. The van der Waals surface area contributed by atoms with Crippen LogP contribution in [0.15, 0.2) is 47.4 Å². The second-order valence-corrected chi connectivity index (χ2v) is 9.07. The molecule has 2 aromatic carbocycles. The number of nitrogens with zero attached hydrogens (tertiary/aromatic N) is 1. The van der Waals surface area contributed by atoms with Gasteiger partial charge in [-0.05, 0) is 49.2 Å². The number of rotatable bonds is 10. The van der Waals surface area contributed by atoms with Crippen molar-refractivity contribution in [3.63, 3.8) is 0 Å². The number of benzene rings is 2. The van der Waals surface area contributed by atoms with E-state index in [2.05, 4.69) is 0 Å². The first kappa shape index (κ1) is 22.4. The van der Waals surface area contributed by atoms with Gasteiger partial charge in [-0.1, -0.05) is 19.1 Å². The SMILES string of the molecule is CCCN(CC1COc2ccccc2O1)S(=O)(=O)c1ccc(OCCOC)c(C)c1. The lowest BCUT2D eigenvalue weighted by Crippen LogP contribution is -2.44. The summed E-state index contributed by atoms with van der Waals surface area (Å²) in [5.74, 6) is 1.96. The van der Waals surface area contributed by atoms with Crippen molar-refractivity contribution in [1.29, 1.82) is 0 Å². The van der Waals surface area contributed by atoms with Gasteiger partial charge < -0.3 is 18.9 Å². The Morgan fingerprint density at radius 3 is 2.60 bits per heavy atom. The lowest BCUT2D eigenvalue weighted by atomic mass is 10.2. The Kier molecular flexibility index (Phi) is 7.58. The molecule has 0 saturated carbocycles. The molecule has 1 aliphatic rings. The molecule has 8 heteroatoms. The van der Waals surface area contributed by atoms with E-state index in [0.29, 0.717) is 50.0 Å². The fourth-order valence-corrected chi connectivity index (χ4v) is 4.92. The van der Waals surface area contributed by atoms with E-state index in [1.165, 1.54) is 4.31 Å². The molecule has 0 radical (unpaired) electrons. The highest BCUT2D eigenvalue weighted by atomic mass is 32.2. The maximum Gasteiger partial charge on any atom is 0.243 e. The molecule has 3 rings (SSSR count). The summed E-state index contributed by atoms with van der Waals surface area (Å²) in [6.45, 7) is 5.58. The van der Waals surface area contributed by atoms with E-state index in [0.717, 1.165) is 5.56 Å². The van der Waals surface area contributed by atoms with Gasteiger partial charge in [0.1, 0.15) is 25.1 Å². The van der Waals surface area contributed by atoms with E-state index in [1.807, 2.05) is 38.1 Å². The lowest BCUT2D eigenvalue weighted by molar-refractivity contribution is 0.0764. The van der Waals surface area contributed by atoms with Crippen LogP contribution in [0.3, 0.4) is 0 Å². The maximum absolute atomic E-state index is 13.3. The van der Waals surface area contributed by atoms with Crippen molar-refractivity contribution in [2.75, 3.05) is 40.0 Å². The van der Waals surface area contributed by atoms with Crippen molar-refractivity contribution in [3.05, 3.63) is 48.0 Å². The summed E-state index contributed by atoms with van der Waals surface area (Å²) < 4.78 is 50.5. The zero-order chi connectivity index (χ0) is 21.6. The Balaban J connectivity index is 1.75. The van der Waals surface area contributed by atoms with Crippen molar-refractivity contribution in [1.82, 2.24) is 4.31 Å². The first-order valence-electron chi connectivity index (χ1n) is 10.1. The minimum absolute atomic E-state index is 0.218. The van der Waals surface area contributed by atoms with Gasteiger partial charge in [-0.3, -0.25) is 0 Å². The van der Waals surface area contributed by atoms with Crippen LogP contribution in [0.2, 0.25) is 0 Å². The molecule has 164 valence electrons. The van der Waals surface area contributed by atoms with Crippen LogP contribution in [-0.2, 0) is 14.8 Å². The summed E-state index contributed by atoms with van der Waals surface area (Å²) in [6.07, 6.45) is 0.319. The van der Waals surface area contributed by atoms with E-state index in [4.69, 9.17) is 18.9 Å². The smallest absolute Gasteiger partial charge is 0.243 e. The number of hydrogen-bond acceptors (Lipinski definition) is 6. The van der Waals surface area contributed by atoms with Crippen molar-refractivity contribution in [2.24, 2.45) is 0 Å². The van der Waals surface area contributed by atoms with Crippen LogP contribution in [-0.4, -0.2) is 58.8 Å². The molecule has 0 spiro atoms. The number of methoxy groups -OCH3 is 1. The standard InChI is InChI=1S/C22H29NO6S/c1-4-11-23(15-18-16-28-21-7-5-6-8-22(21)29-18)30(24,25)19-9-10-20(17(2)14-19)27-13-12-26-3/h5-10,14,18H,4,11-13,15-16H2,1-3H3. The Morgan fingerprint density at radius 2 is 1.90 bits per heavy atom. The van der Waals surface area contributed by atoms with Gasteiger partial charge in [-0.25, -0.2) is 8.42 Å². The van der Waals surface area contributed by atoms with Crippen LogP contribution < -0.4 is 14.2 Å². The number of sulfonamides is 1. The van der Waals surface area contributed by atoms with Gasteiger partial charge in [-0.2, -0.15) is 4.31 Å². The highest BCUT2D eigenvalue weighted by Gasteiger charge is 2.30. The zero-order valence-electron chi connectivity index (χ0n) is 17.7. The molecule has 0 bridgehead atoms. The molecule has 2 aromatic rings. The predicted octanol–water partition coefficient (Wildman–Crippen LogP) is 3.26. The first-order chi connectivity index (χ1) is 14.5. The molecular formula is C22H29NO6S. The first-order valence-corrected chi connectivity index (χ1v) is 11.5. The normalized spacial score (nSPS) is 15.9. The van der Waals surface area contributed by atoms with Crippen LogP contribution >= 0.6 is 0 Å². The van der Waals surface area contributed by atoms with Gasteiger partial charge >= 0.3 is 0 Å². The minimum atomic E-state index is -3.69.